The van der Waals surface area contributed by atoms with E-state index >= 15 is 0 Å². The molecule has 0 saturated carbocycles. The van der Waals surface area contributed by atoms with Gasteiger partial charge in [-0.25, -0.2) is 14.6 Å². The molecule has 4 N–H and O–H groups in total. The lowest BCUT2D eigenvalue weighted by atomic mass is 10.4. The van der Waals surface area contributed by atoms with Crippen molar-refractivity contribution in [2.24, 2.45) is 0 Å². The van der Waals surface area contributed by atoms with E-state index in [1.165, 1.54) is 18.3 Å². The third-order valence-electron chi connectivity index (χ3n) is 3.10. The van der Waals surface area contributed by atoms with Crippen LogP contribution in [0.4, 0.5) is 9.59 Å². The lowest BCUT2D eigenvalue weighted by molar-refractivity contribution is 0.122. The van der Waals surface area contributed by atoms with E-state index in [1.54, 1.807) is 0 Å². The summed E-state index contributed by atoms with van der Waals surface area (Å²) in [5.74, 6) is -0.0957. The van der Waals surface area contributed by atoms with Gasteiger partial charge < -0.3 is 39.7 Å². The van der Waals surface area contributed by atoms with Crippen molar-refractivity contribution in [1.82, 2.24) is 14.8 Å². The van der Waals surface area contributed by atoms with Gasteiger partial charge in [0.2, 0.25) is 5.88 Å². The summed E-state index contributed by atoms with van der Waals surface area (Å²) < 4.78 is 10.1. The molecule has 146 valence electrons. The second kappa shape index (κ2) is 12.0. The highest BCUT2D eigenvalue weighted by Crippen LogP contribution is 2.18. The zero-order valence-corrected chi connectivity index (χ0v) is 14.2. The average molecular weight is 373 g/mol. The standard InChI is InChI=1S/C15H23N3O8/c19-7-3-17(4-8-20)14(23)25-12-1-2-16-13(11-12)26-15(24)18(5-9-21)6-10-22/h1-2,11,19-22H,3-10H2. The van der Waals surface area contributed by atoms with Crippen LogP contribution in [0, 0.1) is 0 Å². The summed E-state index contributed by atoms with van der Waals surface area (Å²) in [6, 6.07) is 2.58. The monoisotopic (exact) mass is 373 g/mol. The summed E-state index contributed by atoms with van der Waals surface area (Å²) in [5.41, 5.74) is 0. The van der Waals surface area contributed by atoms with Crippen molar-refractivity contribution in [3.05, 3.63) is 18.3 Å². The van der Waals surface area contributed by atoms with Crippen LogP contribution in [0.3, 0.4) is 0 Å². The number of carbonyl (C=O) groups is 2. The lowest BCUT2D eigenvalue weighted by Crippen LogP contribution is -2.38. The van der Waals surface area contributed by atoms with E-state index in [2.05, 4.69) is 4.98 Å². The van der Waals surface area contributed by atoms with E-state index in [1.807, 2.05) is 0 Å². The van der Waals surface area contributed by atoms with E-state index in [4.69, 9.17) is 29.9 Å². The molecule has 0 aliphatic carbocycles. The van der Waals surface area contributed by atoms with Gasteiger partial charge in [0.05, 0.1) is 26.4 Å². The molecule has 0 bridgehead atoms. The van der Waals surface area contributed by atoms with E-state index < -0.39 is 12.2 Å². The fraction of sp³-hybridized carbons (Fsp3) is 0.533. The molecule has 0 unspecified atom stereocenters. The number of aliphatic hydroxyl groups excluding tert-OH is 4. The van der Waals surface area contributed by atoms with Crippen molar-refractivity contribution < 1.29 is 39.5 Å². The topological polar surface area (TPSA) is 153 Å². The van der Waals surface area contributed by atoms with Crippen LogP contribution in [0.25, 0.3) is 0 Å². The Morgan fingerprint density at radius 2 is 1.31 bits per heavy atom. The minimum atomic E-state index is -0.828. The molecule has 26 heavy (non-hydrogen) atoms. The molecule has 11 nitrogen and oxygen atoms in total. The fourth-order valence-corrected chi connectivity index (χ4v) is 1.90. The maximum Gasteiger partial charge on any atom is 0.416 e. The summed E-state index contributed by atoms with van der Waals surface area (Å²) in [6.45, 7) is -1.25. The van der Waals surface area contributed by atoms with Gasteiger partial charge in [-0.2, -0.15) is 0 Å². The number of hydrogen-bond acceptors (Lipinski definition) is 9. The van der Waals surface area contributed by atoms with Gasteiger partial charge in [0.25, 0.3) is 0 Å². The molecular formula is C15H23N3O8. The molecule has 0 fully saturated rings. The summed E-state index contributed by atoms with van der Waals surface area (Å²) in [6.07, 6.45) is -0.360. The van der Waals surface area contributed by atoms with Crippen LogP contribution in [0.15, 0.2) is 18.3 Å². The molecule has 11 heteroatoms. The minimum absolute atomic E-state index is 0.0103. The maximum absolute atomic E-state index is 12.0. The van der Waals surface area contributed by atoms with Crippen molar-refractivity contribution in [3.63, 3.8) is 0 Å². The third kappa shape index (κ3) is 7.19. The maximum atomic E-state index is 12.0. The third-order valence-corrected chi connectivity index (χ3v) is 3.10. The van der Waals surface area contributed by atoms with Crippen LogP contribution >= 0.6 is 0 Å². The molecular weight excluding hydrogens is 350 g/mol. The van der Waals surface area contributed by atoms with Gasteiger partial charge in [0.1, 0.15) is 5.75 Å². The number of nitrogens with zero attached hydrogens (tertiary/aromatic N) is 3. The Morgan fingerprint density at radius 3 is 1.77 bits per heavy atom. The summed E-state index contributed by atoms with van der Waals surface area (Å²) in [5, 5.41) is 35.7. The van der Waals surface area contributed by atoms with Gasteiger partial charge in [-0.15, -0.1) is 0 Å². The number of aliphatic hydroxyl groups is 4. The van der Waals surface area contributed by atoms with Crippen LogP contribution < -0.4 is 9.47 Å². The van der Waals surface area contributed by atoms with Crippen molar-refractivity contribution >= 4 is 12.2 Å². The van der Waals surface area contributed by atoms with Gasteiger partial charge in [0, 0.05) is 38.4 Å². The second-order valence-corrected chi connectivity index (χ2v) is 4.93. The van der Waals surface area contributed by atoms with E-state index in [9.17, 15) is 9.59 Å². The summed E-state index contributed by atoms with van der Waals surface area (Å²) in [4.78, 5) is 30.0. The zero-order valence-electron chi connectivity index (χ0n) is 14.2. The zero-order chi connectivity index (χ0) is 19.4. The summed E-state index contributed by atoms with van der Waals surface area (Å²) in [7, 11) is 0. The van der Waals surface area contributed by atoms with Gasteiger partial charge in [-0.3, -0.25) is 0 Å². The largest absolute Gasteiger partial charge is 0.416 e. The Bertz CT molecular complexity index is 514. The van der Waals surface area contributed by atoms with Crippen LogP contribution in [0.5, 0.6) is 11.6 Å². The van der Waals surface area contributed by atoms with Gasteiger partial charge in [-0.05, 0) is 6.07 Å². The molecule has 1 aromatic heterocycles. The number of aromatic nitrogens is 1. The number of carbonyl (C=O) groups excluding carboxylic acids is 2. The van der Waals surface area contributed by atoms with E-state index in [0.29, 0.717) is 0 Å². The minimum Gasteiger partial charge on any atom is -0.410 e. The smallest absolute Gasteiger partial charge is 0.410 e. The normalized spacial score (nSPS) is 10.3. The van der Waals surface area contributed by atoms with Crippen LogP contribution in [-0.4, -0.2) is 100 Å². The first kappa shape index (κ1) is 21.6. The molecule has 2 amide bonds. The first-order chi connectivity index (χ1) is 12.5. The Hall–Kier alpha value is -2.47. The van der Waals surface area contributed by atoms with Crippen molar-refractivity contribution in [3.8, 4) is 11.6 Å². The first-order valence-corrected chi connectivity index (χ1v) is 7.88. The van der Waals surface area contributed by atoms with Gasteiger partial charge in [0.15, 0.2) is 0 Å². The lowest BCUT2D eigenvalue weighted by Gasteiger charge is -2.20. The van der Waals surface area contributed by atoms with Crippen molar-refractivity contribution in [1.29, 1.82) is 0 Å². The average Bonchev–Trinajstić information content (AvgIpc) is 2.61. The van der Waals surface area contributed by atoms with Crippen molar-refractivity contribution in [2.45, 2.75) is 0 Å². The molecule has 0 aromatic carbocycles. The second-order valence-electron chi connectivity index (χ2n) is 4.93. The van der Waals surface area contributed by atoms with Crippen LogP contribution in [0.1, 0.15) is 0 Å². The fourth-order valence-electron chi connectivity index (χ4n) is 1.90. The molecule has 0 aliphatic heterocycles. The molecule has 0 saturated heterocycles. The Labute approximate surface area is 150 Å². The van der Waals surface area contributed by atoms with Crippen molar-refractivity contribution in [2.75, 3.05) is 52.6 Å². The molecule has 1 heterocycles. The van der Waals surface area contributed by atoms with Crippen LogP contribution in [-0.2, 0) is 0 Å². The number of ether oxygens (including phenoxy) is 2. The predicted octanol–water partition coefficient (Wildman–Crippen LogP) is -1.35. The molecule has 0 radical (unpaired) electrons. The van der Waals surface area contributed by atoms with E-state index in [-0.39, 0.29) is 64.2 Å². The molecule has 0 aliphatic rings. The molecule has 0 atom stereocenters. The Morgan fingerprint density at radius 1 is 0.846 bits per heavy atom. The summed E-state index contributed by atoms with van der Waals surface area (Å²) >= 11 is 0. The Balaban J connectivity index is 2.74. The SMILES string of the molecule is O=C(Oc1ccnc(OC(=O)N(CCO)CCO)c1)N(CCO)CCO. The highest BCUT2D eigenvalue weighted by Gasteiger charge is 2.18. The van der Waals surface area contributed by atoms with E-state index in [0.717, 1.165) is 9.80 Å². The molecule has 1 aromatic rings. The Kier molecular flexibility index (Phi) is 9.94. The number of rotatable bonds is 10. The first-order valence-electron chi connectivity index (χ1n) is 7.88. The molecule has 0 spiro atoms. The highest BCUT2D eigenvalue weighted by molar-refractivity contribution is 5.72. The predicted molar refractivity (Wildman–Crippen MR) is 87.8 cm³/mol. The molecule has 1 rings (SSSR count). The highest BCUT2D eigenvalue weighted by atomic mass is 16.6. The number of amides is 2. The van der Waals surface area contributed by atoms with Crippen LogP contribution in [0.2, 0.25) is 0 Å². The number of hydrogen-bond donors (Lipinski definition) is 4. The number of pyridine rings is 1. The van der Waals surface area contributed by atoms with Gasteiger partial charge >= 0.3 is 12.2 Å². The van der Waals surface area contributed by atoms with Gasteiger partial charge in [-0.1, -0.05) is 0 Å². The quantitative estimate of drug-likeness (QED) is 0.390.